The standard InChI is InChI=1S/C13H14ClN3O/c1-3-17(10-6-4-5-9(2)7-10)12-11(14)8-15-16-13(12)18/h4-8H,3H2,1-2H3,(H,16,18). The summed E-state index contributed by atoms with van der Waals surface area (Å²) >= 11 is 6.07. The van der Waals surface area contributed by atoms with Gasteiger partial charge in [0.25, 0.3) is 5.56 Å². The molecule has 0 aliphatic rings. The van der Waals surface area contributed by atoms with Gasteiger partial charge in [0.05, 0.1) is 11.2 Å². The lowest BCUT2D eigenvalue weighted by atomic mass is 10.2. The van der Waals surface area contributed by atoms with Crippen molar-refractivity contribution in [1.29, 1.82) is 0 Å². The average molecular weight is 264 g/mol. The molecule has 0 spiro atoms. The Labute approximate surface area is 110 Å². The summed E-state index contributed by atoms with van der Waals surface area (Å²) in [5, 5.41) is 6.43. The van der Waals surface area contributed by atoms with E-state index in [9.17, 15) is 4.79 Å². The highest BCUT2D eigenvalue weighted by molar-refractivity contribution is 6.33. The summed E-state index contributed by atoms with van der Waals surface area (Å²) < 4.78 is 0. The third kappa shape index (κ3) is 2.38. The van der Waals surface area contributed by atoms with Crippen LogP contribution in [0.1, 0.15) is 12.5 Å². The Hall–Kier alpha value is -1.81. The highest BCUT2D eigenvalue weighted by Crippen LogP contribution is 2.27. The van der Waals surface area contributed by atoms with E-state index in [4.69, 9.17) is 11.6 Å². The zero-order valence-corrected chi connectivity index (χ0v) is 11.0. The Morgan fingerprint density at radius 2 is 2.22 bits per heavy atom. The van der Waals surface area contributed by atoms with Crippen molar-refractivity contribution in [2.75, 3.05) is 11.4 Å². The van der Waals surface area contributed by atoms with E-state index < -0.39 is 0 Å². The van der Waals surface area contributed by atoms with E-state index in [2.05, 4.69) is 10.2 Å². The predicted molar refractivity (Wildman–Crippen MR) is 73.7 cm³/mol. The maximum atomic E-state index is 11.9. The van der Waals surface area contributed by atoms with Crippen LogP contribution in [0.3, 0.4) is 0 Å². The van der Waals surface area contributed by atoms with E-state index in [-0.39, 0.29) is 5.56 Å². The van der Waals surface area contributed by atoms with Gasteiger partial charge in [-0.1, -0.05) is 23.7 Å². The highest BCUT2D eigenvalue weighted by Gasteiger charge is 2.15. The van der Waals surface area contributed by atoms with Gasteiger partial charge in [0.2, 0.25) is 0 Å². The first kappa shape index (κ1) is 12.6. The summed E-state index contributed by atoms with van der Waals surface area (Å²) in [4.78, 5) is 13.7. The van der Waals surface area contributed by atoms with E-state index in [1.54, 1.807) is 0 Å². The molecule has 0 atom stereocenters. The average Bonchev–Trinajstić information content (AvgIpc) is 2.34. The van der Waals surface area contributed by atoms with Crippen molar-refractivity contribution in [3.63, 3.8) is 0 Å². The molecule has 0 saturated carbocycles. The molecule has 1 heterocycles. The van der Waals surface area contributed by atoms with E-state index in [1.165, 1.54) is 6.20 Å². The van der Waals surface area contributed by atoms with Crippen LogP contribution < -0.4 is 10.5 Å². The number of anilines is 2. The van der Waals surface area contributed by atoms with E-state index in [1.807, 2.05) is 43.0 Å². The molecule has 0 unspecified atom stereocenters. The van der Waals surface area contributed by atoms with Gasteiger partial charge in [0.1, 0.15) is 5.69 Å². The number of benzene rings is 1. The van der Waals surface area contributed by atoms with Gasteiger partial charge < -0.3 is 4.90 Å². The molecule has 0 aliphatic carbocycles. The summed E-state index contributed by atoms with van der Waals surface area (Å²) in [7, 11) is 0. The normalized spacial score (nSPS) is 10.4. The van der Waals surface area contributed by atoms with Crippen LogP contribution in [-0.2, 0) is 0 Å². The molecule has 5 heteroatoms. The largest absolute Gasteiger partial charge is 0.336 e. The van der Waals surface area contributed by atoms with Crippen LogP contribution in [0.5, 0.6) is 0 Å². The number of aryl methyl sites for hydroxylation is 1. The lowest BCUT2D eigenvalue weighted by Crippen LogP contribution is -2.25. The maximum Gasteiger partial charge on any atom is 0.289 e. The number of H-pyrrole nitrogens is 1. The van der Waals surface area contributed by atoms with Crippen LogP contribution in [0.2, 0.25) is 5.02 Å². The van der Waals surface area contributed by atoms with E-state index in [0.717, 1.165) is 11.3 Å². The molecule has 0 bridgehead atoms. The SMILES string of the molecule is CCN(c1cccc(C)c1)c1c(Cl)cn[nH]c1=O. The lowest BCUT2D eigenvalue weighted by Gasteiger charge is -2.23. The van der Waals surface area contributed by atoms with Gasteiger partial charge in [-0.25, -0.2) is 5.10 Å². The molecular formula is C13H14ClN3O. The molecule has 18 heavy (non-hydrogen) atoms. The number of halogens is 1. The topological polar surface area (TPSA) is 49.0 Å². The van der Waals surface area contributed by atoms with Gasteiger partial charge >= 0.3 is 0 Å². The summed E-state index contributed by atoms with van der Waals surface area (Å²) in [6, 6.07) is 7.93. The number of rotatable bonds is 3. The fraction of sp³-hybridized carbons (Fsp3) is 0.231. The fourth-order valence-corrected chi connectivity index (χ4v) is 2.12. The number of hydrogen-bond donors (Lipinski definition) is 1. The first-order valence-corrected chi connectivity index (χ1v) is 6.08. The summed E-state index contributed by atoms with van der Waals surface area (Å²) in [6.45, 7) is 4.63. The number of hydrogen-bond acceptors (Lipinski definition) is 3. The molecule has 1 aromatic carbocycles. The third-order valence-corrected chi connectivity index (χ3v) is 2.96. The van der Waals surface area contributed by atoms with Crippen molar-refractivity contribution < 1.29 is 0 Å². The summed E-state index contributed by atoms with van der Waals surface area (Å²) in [5.41, 5.74) is 2.22. The van der Waals surface area contributed by atoms with Crippen LogP contribution in [0, 0.1) is 6.92 Å². The number of aromatic amines is 1. The van der Waals surface area contributed by atoms with Gasteiger partial charge in [0.15, 0.2) is 0 Å². The van der Waals surface area contributed by atoms with Crippen molar-refractivity contribution in [2.45, 2.75) is 13.8 Å². The molecule has 94 valence electrons. The van der Waals surface area contributed by atoms with Crippen LogP contribution in [-0.4, -0.2) is 16.7 Å². The Balaban J connectivity index is 2.56. The van der Waals surface area contributed by atoms with Crippen molar-refractivity contribution >= 4 is 23.0 Å². The molecule has 1 N–H and O–H groups in total. The second-order valence-corrected chi connectivity index (χ2v) is 4.39. The van der Waals surface area contributed by atoms with Gasteiger partial charge in [0, 0.05) is 12.2 Å². The van der Waals surface area contributed by atoms with Gasteiger partial charge in [-0.15, -0.1) is 0 Å². The number of nitrogens with one attached hydrogen (secondary N) is 1. The maximum absolute atomic E-state index is 11.9. The third-order valence-electron chi connectivity index (χ3n) is 2.68. The fourth-order valence-electron chi connectivity index (χ4n) is 1.89. The Morgan fingerprint density at radius 3 is 2.83 bits per heavy atom. The van der Waals surface area contributed by atoms with Crippen molar-refractivity contribution in [3.05, 3.63) is 51.4 Å². The lowest BCUT2D eigenvalue weighted by molar-refractivity contribution is 0.942. The van der Waals surface area contributed by atoms with Crippen molar-refractivity contribution in [2.24, 2.45) is 0 Å². The van der Waals surface area contributed by atoms with Crippen LogP contribution in [0.25, 0.3) is 0 Å². The molecule has 1 aromatic heterocycles. The molecule has 4 nitrogen and oxygen atoms in total. The quantitative estimate of drug-likeness (QED) is 0.926. The minimum atomic E-state index is -0.286. The monoisotopic (exact) mass is 263 g/mol. The summed E-state index contributed by atoms with van der Waals surface area (Å²) in [6.07, 6.45) is 1.44. The van der Waals surface area contributed by atoms with Gasteiger partial charge in [-0.2, -0.15) is 5.10 Å². The number of aromatic nitrogens is 2. The van der Waals surface area contributed by atoms with Crippen LogP contribution in [0.4, 0.5) is 11.4 Å². The van der Waals surface area contributed by atoms with Gasteiger partial charge in [-0.3, -0.25) is 4.79 Å². The Kier molecular flexibility index (Phi) is 3.67. The minimum absolute atomic E-state index is 0.286. The Bertz CT molecular complexity index is 609. The first-order valence-electron chi connectivity index (χ1n) is 5.71. The molecular weight excluding hydrogens is 250 g/mol. The molecule has 0 saturated heterocycles. The van der Waals surface area contributed by atoms with Gasteiger partial charge in [-0.05, 0) is 31.5 Å². The summed E-state index contributed by atoms with van der Waals surface area (Å²) in [5.74, 6) is 0. The first-order chi connectivity index (χ1) is 8.63. The smallest absolute Gasteiger partial charge is 0.289 e. The predicted octanol–water partition coefficient (Wildman–Crippen LogP) is 2.89. The second kappa shape index (κ2) is 5.23. The second-order valence-electron chi connectivity index (χ2n) is 3.98. The molecule has 2 rings (SSSR count). The Morgan fingerprint density at radius 1 is 1.44 bits per heavy atom. The molecule has 0 aliphatic heterocycles. The van der Waals surface area contributed by atoms with E-state index >= 15 is 0 Å². The van der Waals surface area contributed by atoms with E-state index in [0.29, 0.717) is 17.3 Å². The molecule has 2 aromatic rings. The minimum Gasteiger partial charge on any atom is -0.336 e. The number of nitrogens with zero attached hydrogens (tertiary/aromatic N) is 2. The zero-order chi connectivity index (χ0) is 13.1. The van der Waals surface area contributed by atoms with Crippen LogP contribution in [0.15, 0.2) is 35.3 Å². The highest BCUT2D eigenvalue weighted by atomic mass is 35.5. The molecule has 0 amide bonds. The molecule has 0 radical (unpaired) electrons. The van der Waals surface area contributed by atoms with Crippen LogP contribution >= 0.6 is 11.6 Å². The van der Waals surface area contributed by atoms with Crippen molar-refractivity contribution in [3.8, 4) is 0 Å². The van der Waals surface area contributed by atoms with Crippen molar-refractivity contribution in [1.82, 2.24) is 10.2 Å². The molecule has 0 fully saturated rings. The zero-order valence-electron chi connectivity index (χ0n) is 10.3.